The highest BCUT2D eigenvalue weighted by molar-refractivity contribution is 5.90. The normalized spacial score (nSPS) is 16.3. The number of anilines is 2. The third kappa shape index (κ3) is 8.50. The van der Waals surface area contributed by atoms with Gasteiger partial charge >= 0.3 is 0 Å². The number of benzene rings is 2. The number of hydrogen-bond donors (Lipinski definition) is 4. The quantitative estimate of drug-likeness (QED) is 0.110. The summed E-state index contributed by atoms with van der Waals surface area (Å²) in [5.41, 5.74) is 4.45. The maximum absolute atomic E-state index is 5.02. The van der Waals surface area contributed by atoms with Crippen molar-refractivity contribution in [2.75, 3.05) is 62.6 Å². The molecule has 1 aliphatic carbocycles. The molecular weight excluding hydrogens is 598 g/mol. The Bertz CT molecular complexity index is 1710. The highest BCUT2D eigenvalue weighted by Gasteiger charge is 2.21. The minimum absolute atomic E-state index is 0.533. The predicted molar refractivity (Wildman–Crippen MR) is 195 cm³/mol. The van der Waals surface area contributed by atoms with Crippen LogP contribution in [0, 0.1) is 0 Å². The van der Waals surface area contributed by atoms with Gasteiger partial charge < -0.3 is 25.8 Å². The van der Waals surface area contributed by atoms with Crippen molar-refractivity contribution >= 4 is 33.6 Å². The number of H-pyrrole nitrogens is 1. The summed E-state index contributed by atoms with van der Waals surface area (Å²) >= 11 is 0. The van der Waals surface area contributed by atoms with Gasteiger partial charge in [-0.2, -0.15) is 4.98 Å². The number of aromatic amines is 1. The molecule has 0 spiro atoms. The van der Waals surface area contributed by atoms with Gasteiger partial charge in [-0.3, -0.25) is 9.58 Å². The summed E-state index contributed by atoms with van der Waals surface area (Å²) in [4.78, 5) is 18.3. The van der Waals surface area contributed by atoms with Gasteiger partial charge in [-0.1, -0.05) is 54.8 Å². The van der Waals surface area contributed by atoms with Crippen LogP contribution in [0.4, 0.5) is 11.8 Å². The lowest BCUT2D eigenvalue weighted by atomic mass is 9.95. The lowest BCUT2D eigenvalue weighted by molar-refractivity contribution is 0.261. The molecule has 0 atom stereocenters. The van der Waals surface area contributed by atoms with E-state index in [1.807, 2.05) is 16.9 Å². The number of para-hydroxylation sites is 2. The number of aryl methyl sites for hydroxylation is 1. The van der Waals surface area contributed by atoms with Crippen LogP contribution in [0.3, 0.4) is 0 Å². The van der Waals surface area contributed by atoms with Gasteiger partial charge in [-0.05, 0) is 75.5 Å². The maximum atomic E-state index is 5.02. The van der Waals surface area contributed by atoms with Crippen molar-refractivity contribution in [3.05, 3.63) is 72.2 Å². The largest absolute Gasteiger partial charge is 0.361 e. The van der Waals surface area contributed by atoms with Crippen molar-refractivity contribution < 1.29 is 0 Å². The van der Waals surface area contributed by atoms with Crippen LogP contribution in [-0.4, -0.2) is 93.2 Å². The summed E-state index contributed by atoms with van der Waals surface area (Å²) < 4.78 is 1.94. The lowest BCUT2D eigenvalue weighted by Crippen LogP contribution is -2.47. The van der Waals surface area contributed by atoms with E-state index in [1.165, 1.54) is 55.0 Å². The third-order valence-electron chi connectivity index (χ3n) is 9.95. The fraction of sp³-hybridized carbons (Fsp3) is 0.514. The minimum Gasteiger partial charge on any atom is -0.361 e. The van der Waals surface area contributed by atoms with Crippen molar-refractivity contribution in [1.29, 1.82) is 0 Å². The van der Waals surface area contributed by atoms with Crippen LogP contribution in [0.2, 0.25) is 0 Å². The zero-order chi connectivity index (χ0) is 32.4. The first-order valence-electron chi connectivity index (χ1n) is 18.1. The molecule has 2 aliphatic rings. The fourth-order valence-electron chi connectivity index (χ4n) is 7.20. The zero-order valence-electron chi connectivity index (χ0n) is 28.2. The third-order valence-corrected chi connectivity index (χ3v) is 9.95. The zero-order valence-corrected chi connectivity index (χ0v) is 28.2. The van der Waals surface area contributed by atoms with Crippen LogP contribution in [0.25, 0.3) is 21.8 Å². The molecule has 0 amide bonds. The second kappa shape index (κ2) is 16.4. The van der Waals surface area contributed by atoms with E-state index in [9.17, 15) is 0 Å². The number of hydrogen-bond acceptors (Lipinski definition) is 9. The summed E-state index contributed by atoms with van der Waals surface area (Å²) in [6.45, 7) is 9.51. The van der Waals surface area contributed by atoms with Gasteiger partial charge in [0.05, 0.1) is 18.3 Å². The van der Waals surface area contributed by atoms with Crippen LogP contribution in [0.15, 0.2) is 60.9 Å². The topological polar surface area (TPSA) is 115 Å². The molecule has 0 radical (unpaired) electrons. The second-order valence-electron chi connectivity index (χ2n) is 13.4. The summed E-state index contributed by atoms with van der Waals surface area (Å²) in [6.07, 6.45) is 14.3. The summed E-state index contributed by atoms with van der Waals surface area (Å²) in [5, 5.41) is 21.9. The molecule has 11 nitrogen and oxygen atoms in total. The summed E-state index contributed by atoms with van der Waals surface area (Å²) in [6, 6.07) is 17.6. The van der Waals surface area contributed by atoms with E-state index in [0.717, 1.165) is 100 Å². The molecule has 2 fully saturated rings. The molecule has 1 aliphatic heterocycles. The first kappa shape index (κ1) is 32.5. The first-order chi connectivity index (χ1) is 23.8. The molecule has 0 bridgehead atoms. The molecule has 48 heavy (non-hydrogen) atoms. The molecule has 4 heterocycles. The van der Waals surface area contributed by atoms with Gasteiger partial charge in [-0.15, -0.1) is 5.10 Å². The number of nitrogens with one attached hydrogen (secondary N) is 4. The predicted octanol–water partition coefficient (Wildman–Crippen LogP) is 4.97. The van der Waals surface area contributed by atoms with Crippen molar-refractivity contribution in [2.45, 2.75) is 70.5 Å². The number of aromatic nitrogens is 6. The lowest BCUT2D eigenvalue weighted by Gasteiger charge is -2.36. The molecular formula is C37H51N11. The van der Waals surface area contributed by atoms with E-state index in [1.54, 1.807) is 0 Å². The van der Waals surface area contributed by atoms with Gasteiger partial charge in [0.15, 0.2) is 0 Å². The monoisotopic (exact) mass is 649 g/mol. The molecule has 2 aromatic carbocycles. The van der Waals surface area contributed by atoms with E-state index in [-0.39, 0.29) is 0 Å². The molecule has 5 aromatic rings. The Morgan fingerprint density at radius 2 is 1.62 bits per heavy atom. The molecule has 1 saturated carbocycles. The number of rotatable bonds is 16. The van der Waals surface area contributed by atoms with Crippen LogP contribution in [-0.2, 0) is 19.5 Å². The average molecular weight is 650 g/mol. The molecule has 3 aromatic heterocycles. The summed E-state index contributed by atoms with van der Waals surface area (Å²) in [5.74, 6) is 1.63. The number of fused-ring (bicyclic) bond motifs is 2. The smallest absolute Gasteiger partial charge is 0.225 e. The Hall–Kier alpha value is -4.06. The van der Waals surface area contributed by atoms with E-state index in [0.29, 0.717) is 12.5 Å². The fourth-order valence-corrected chi connectivity index (χ4v) is 7.20. The van der Waals surface area contributed by atoms with Gasteiger partial charge in [0.2, 0.25) is 5.95 Å². The van der Waals surface area contributed by atoms with Crippen molar-refractivity contribution in [3.63, 3.8) is 0 Å². The Labute approximate surface area is 283 Å². The Kier molecular flexibility index (Phi) is 11.1. The molecule has 7 rings (SSSR count). The Balaban J connectivity index is 0.858. The highest BCUT2D eigenvalue weighted by Crippen LogP contribution is 2.27. The first-order valence-corrected chi connectivity index (χ1v) is 18.1. The van der Waals surface area contributed by atoms with Gasteiger partial charge in [0, 0.05) is 67.8 Å². The van der Waals surface area contributed by atoms with Crippen molar-refractivity contribution in [2.24, 2.45) is 0 Å². The standard InChI is InChI=1S/C37H51N11/c1-2-10-30(11-3-1)39-19-8-17-38-18-9-20-48-28-31(44-45-48)27-41-37-42-35-15-7-5-13-33(35)36(43-37)47-24-22-46(23-25-47)21-16-29-26-40-34-14-6-4-12-32(29)34/h4-7,12-15,26,28,30,38-40H,1-3,8-11,16-25,27H2,(H,41,42,43). The SMILES string of the molecule is c1ccc2c(N3CCN(CCc4c[nH]c5ccccc45)CC3)nc(NCc3cn(CCCNCCCNC4CCCCC4)nn3)nc2c1. The van der Waals surface area contributed by atoms with Gasteiger partial charge in [-0.25, -0.2) is 4.98 Å². The van der Waals surface area contributed by atoms with E-state index in [4.69, 9.17) is 9.97 Å². The van der Waals surface area contributed by atoms with E-state index in [2.05, 4.69) is 89.7 Å². The Morgan fingerprint density at radius 3 is 2.52 bits per heavy atom. The average Bonchev–Trinajstić information content (AvgIpc) is 3.78. The molecule has 254 valence electrons. The Morgan fingerprint density at radius 1 is 0.812 bits per heavy atom. The second-order valence-corrected chi connectivity index (χ2v) is 13.4. The van der Waals surface area contributed by atoms with Crippen LogP contribution >= 0.6 is 0 Å². The van der Waals surface area contributed by atoms with Gasteiger partial charge in [0.25, 0.3) is 0 Å². The van der Waals surface area contributed by atoms with E-state index < -0.39 is 0 Å². The molecule has 11 heteroatoms. The minimum atomic E-state index is 0.533. The number of piperazine rings is 1. The van der Waals surface area contributed by atoms with Gasteiger partial charge in [0.1, 0.15) is 11.5 Å². The number of nitrogens with zero attached hydrogens (tertiary/aromatic N) is 7. The summed E-state index contributed by atoms with van der Waals surface area (Å²) in [7, 11) is 0. The van der Waals surface area contributed by atoms with Crippen LogP contribution < -0.4 is 20.9 Å². The van der Waals surface area contributed by atoms with Crippen molar-refractivity contribution in [1.82, 2.24) is 45.5 Å². The maximum Gasteiger partial charge on any atom is 0.225 e. The molecule has 0 unspecified atom stereocenters. The van der Waals surface area contributed by atoms with E-state index >= 15 is 0 Å². The molecule has 4 N–H and O–H groups in total. The van der Waals surface area contributed by atoms with Crippen molar-refractivity contribution in [3.8, 4) is 0 Å². The van der Waals surface area contributed by atoms with Crippen LogP contribution in [0.5, 0.6) is 0 Å². The molecule has 1 saturated heterocycles. The van der Waals surface area contributed by atoms with Crippen LogP contribution in [0.1, 0.15) is 56.2 Å². The highest BCUT2D eigenvalue weighted by atomic mass is 15.4.